The number of ether oxygens (including phenoxy) is 1. The lowest BCUT2D eigenvalue weighted by atomic mass is 10.1. The predicted octanol–water partition coefficient (Wildman–Crippen LogP) is 3.00. The van der Waals surface area contributed by atoms with Crippen LogP contribution >= 0.6 is 17.0 Å². The lowest BCUT2D eigenvalue weighted by Crippen LogP contribution is -2.16. The van der Waals surface area contributed by atoms with Gasteiger partial charge in [0.1, 0.15) is 5.75 Å². The molecule has 0 aliphatic carbocycles. The fourth-order valence-corrected chi connectivity index (χ4v) is 1.76. The first-order valence-electron chi connectivity index (χ1n) is 6.11. The van der Waals surface area contributed by atoms with Crippen LogP contribution in [0.1, 0.15) is 11.1 Å². The van der Waals surface area contributed by atoms with Crippen LogP contribution in [0.5, 0.6) is 5.75 Å². The normalized spacial score (nSPS) is 9.74. The Labute approximate surface area is 124 Å². The van der Waals surface area contributed by atoms with Crippen molar-refractivity contribution < 1.29 is 4.74 Å². The molecule has 0 atom stereocenters. The highest BCUT2D eigenvalue weighted by Crippen LogP contribution is 2.11. The number of benzene rings is 1. The van der Waals surface area contributed by atoms with E-state index in [0.29, 0.717) is 0 Å². The summed E-state index contributed by atoms with van der Waals surface area (Å²) in [5.74, 6) is 0.906. The molecule has 0 aliphatic heterocycles. The second-order valence-corrected chi connectivity index (χ2v) is 4.13. The van der Waals surface area contributed by atoms with Crippen molar-refractivity contribution in [3.8, 4) is 5.75 Å². The number of nitrogens with zero attached hydrogens (tertiary/aromatic N) is 1. The fourth-order valence-electron chi connectivity index (χ4n) is 1.76. The third-order valence-corrected chi connectivity index (χ3v) is 2.83. The molecule has 4 heteroatoms. The molecule has 2 aromatic rings. The Morgan fingerprint density at radius 2 is 1.68 bits per heavy atom. The van der Waals surface area contributed by atoms with E-state index < -0.39 is 0 Å². The second kappa shape index (κ2) is 8.67. The van der Waals surface area contributed by atoms with Crippen molar-refractivity contribution in [3.63, 3.8) is 0 Å². The topological polar surface area (TPSA) is 34.1 Å². The van der Waals surface area contributed by atoms with E-state index >= 15 is 0 Å². The average Bonchev–Trinajstić information content (AvgIpc) is 2.45. The van der Waals surface area contributed by atoms with E-state index in [-0.39, 0.29) is 17.0 Å². The van der Waals surface area contributed by atoms with Gasteiger partial charge in [-0.1, -0.05) is 12.1 Å². The zero-order valence-corrected chi connectivity index (χ0v) is 12.7. The first-order chi connectivity index (χ1) is 8.88. The first-order valence-corrected chi connectivity index (χ1v) is 6.11. The molecule has 0 unspecified atom stereocenters. The van der Waals surface area contributed by atoms with Crippen LogP contribution in [0.3, 0.4) is 0 Å². The molecule has 1 aromatic carbocycles. The molecule has 1 heterocycles. The van der Waals surface area contributed by atoms with E-state index in [4.69, 9.17) is 4.74 Å². The first kappa shape index (κ1) is 15.7. The van der Waals surface area contributed by atoms with Gasteiger partial charge in [-0.2, -0.15) is 0 Å². The monoisotopic (exact) mass is 322 g/mol. The molecule has 0 radical (unpaired) electrons. The summed E-state index contributed by atoms with van der Waals surface area (Å²) in [5, 5.41) is 3.42. The third kappa shape index (κ3) is 5.41. The molecule has 0 aliphatic rings. The van der Waals surface area contributed by atoms with Crippen molar-refractivity contribution in [2.75, 3.05) is 13.7 Å². The highest BCUT2D eigenvalue weighted by atomic mass is 79.9. The highest BCUT2D eigenvalue weighted by molar-refractivity contribution is 8.93. The number of hydrogen-bond donors (Lipinski definition) is 1. The number of halogens is 1. The van der Waals surface area contributed by atoms with E-state index in [9.17, 15) is 0 Å². The van der Waals surface area contributed by atoms with Gasteiger partial charge >= 0.3 is 0 Å². The van der Waals surface area contributed by atoms with Gasteiger partial charge < -0.3 is 10.1 Å². The van der Waals surface area contributed by atoms with Crippen molar-refractivity contribution in [2.24, 2.45) is 0 Å². The Kier molecular flexibility index (Phi) is 7.15. The summed E-state index contributed by atoms with van der Waals surface area (Å²) in [5.41, 5.74) is 2.58. The number of rotatable bonds is 6. The third-order valence-electron chi connectivity index (χ3n) is 2.83. The molecule has 3 nitrogen and oxygen atoms in total. The van der Waals surface area contributed by atoms with Crippen LogP contribution in [0.4, 0.5) is 0 Å². The van der Waals surface area contributed by atoms with Crippen LogP contribution in [-0.4, -0.2) is 18.6 Å². The van der Waals surface area contributed by atoms with E-state index in [1.807, 2.05) is 36.7 Å². The van der Waals surface area contributed by atoms with Crippen LogP contribution in [0.2, 0.25) is 0 Å². The summed E-state index contributed by atoms with van der Waals surface area (Å²) in [6, 6.07) is 12.3. The SMILES string of the molecule is Br.COc1ccc(CCNCc2ccncc2)cc1. The van der Waals surface area contributed by atoms with Crippen molar-refractivity contribution in [3.05, 3.63) is 59.9 Å². The summed E-state index contributed by atoms with van der Waals surface area (Å²) < 4.78 is 5.13. The fraction of sp³-hybridized carbons (Fsp3) is 0.267. The van der Waals surface area contributed by atoms with E-state index in [2.05, 4.69) is 22.4 Å². The predicted molar refractivity (Wildman–Crippen MR) is 83.0 cm³/mol. The minimum atomic E-state index is 0. The summed E-state index contributed by atoms with van der Waals surface area (Å²) in [6.07, 6.45) is 4.66. The zero-order valence-electron chi connectivity index (χ0n) is 11.0. The molecule has 1 aromatic heterocycles. The van der Waals surface area contributed by atoms with Gasteiger partial charge in [-0.25, -0.2) is 0 Å². The van der Waals surface area contributed by atoms with Crippen LogP contribution in [0.15, 0.2) is 48.8 Å². The van der Waals surface area contributed by atoms with Crippen molar-refractivity contribution in [1.82, 2.24) is 10.3 Å². The number of pyridine rings is 1. The van der Waals surface area contributed by atoms with E-state index in [0.717, 1.165) is 25.3 Å². The van der Waals surface area contributed by atoms with Crippen LogP contribution in [0, 0.1) is 0 Å². The molecular weight excluding hydrogens is 304 g/mol. The molecule has 1 N–H and O–H groups in total. The molecule has 0 bridgehead atoms. The lowest BCUT2D eigenvalue weighted by molar-refractivity contribution is 0.414. The van der Waals surface area contributed by atoms with Gasteiger partial charge in [-0.15, -0.1) is 17.0 Å². The number of nitrogens with one attached hydrogen (secondary N) is 1. The smallest absolute Gasteiger partial charge is 0.118 e. The van der Waals surface area contributed by atoms with E-state index in [1.165, 1.54) is 11.1 Å². The molecule has 19 heavy (non-hydrogen) atoms. The lowest BCUT2D eigenvalue weighted by Gasteiger charge is -2.06. The molecule has 102 valence electrons. The van der Waals surface area contributed by atoms with Gasteiger partial charge in [0.25, 0.3) is 0 Å². The van der Waals surface area contributed by atoms with Gasteiger partial charge in [-0.05, 0) is 48.4 Å². The summed E-state index contributed by atoms with van der Waals surface area (Å²) >= 11 is 0. The summed E-state index contributed by atoms with van der Waals surface area (Å²) in [4.78, 5) is 4.00. The van der Waals surface area contributed by atoms with Gasteiger partial charge in [-0.3, -0.25) is 4.98 Å². The molecule has 0 fully saturated rings. The number of aromatic nitrogens is 1. The minimum Gasteiger partial charge on any atom is -0.497 e. The molecule has 0 amide bonds. The maximum Gasteiger partial charge on any atom is 0.118 e. The van der Waals surface area contributed by atoms with E-state index in [1.54, 1.807) is 7.11 Å². The van der Waals surface area contributed by atoms with Crippen LogP contribution < -0.4 is 10.1 Å². The van der Waals surface area contributed by atoms with Gasteiger partial charge in [0.2, 0.25) is 0 Å². The Bertz CT molecular complexity index is 459. The standard InChI is InChI=1S/C15H18N2O.BrH/c1-18-15-4-2-13(3-5-15)6-11-17-12-14-7-9-16-10-8-14;/h2-5,7-10,17H,6,11-12H2,1H3;1H. The van der Waals surface area contributed by atoms with Crippen LogP contribution in [0.25, 0.3) is 0 Å². The molecule has 0 saturated carbocycles. The van der Waals surface area contributed by atoms with Crippen LogP contribution in [-0.2, 0) is 13.0 Å². The number of hydrogen-bond acceptors (Lipinski definition) is 3. The maximum atomic E-state index is 5.13. The molecular formula is C15H19BrN2O. The minimum absolute atomic E-state index is 0. The van der Waals surface area contributed by atoms with Crippen molar-refractivity contribution >= 4 is 17.0 Å². The van der Waals surface area contributed by atoms with Crippen molar-refractivity contribution in [1.29, 1.82) is 0 Å². The highest BCUT2D eigenvalue weighted by Gasteiger charge is 1.95. The zero-order chi connectivity index (χ0) is 12.6. The average molecular weight is 323 g/mol. The van der Waals surface area contributed by atoms with Gasteiger partial charge in [0, 0.05) is 18.9 Å². The summed E-state index contributed by atoms with van der Waals surface area (Å²) in [7, 11) is 1.69. The molecule has 2 rings (SSSR count). The van der Waals surface area contributed by atoms with Gasteiger partial charge in [0.05, 0.1) is 7.11 Å². The Morgan fingerprint density at radius 3 is 2.32 bits per heavy atom. The maximum absolute atomic E-state index is 5.13. The Hall–Kier alpha value is -1.39. The quantitative estimate of drug-likeness (QED) is 0.830. The molecule has 0 saturated heterocycles. The molecule has 0 spiro atoms. The second-order valence-electron chi connectivity index (χ2n) is 4.13. The Balaban J connectivity index is 0.00000180. The largest absolute Gasteiger partial charge is 0.497 e. The summed E-state index contributed by atoms with van der Waals surface area (Å²) in [6.45, 7) is 1.85. The number of methoxy groups -OCH3 is 1. The van der Waals surface area contributed by atoms with Crippen molar-refractivity contribution in [2.45, 2.75) is 13.0 Å². The Morgan fingerprint density at radius 1 is 1.00 bits per heavy atom. The van der Waals surface area contributed by atoms with Gasteiger partial charge in [0.15, 0.2) is 0 Å².